The summed E-state index contributed by atoms with van der Waals surface area (Å²) in [4.78, 5) is 9.16. The van der Waals surface area contributed by atoms with Crippen LogP contribution in [0.15, 0.2) is 89.6 Å². The third kappa shape index (κ3) is 7.70. The van der Waals surface area contributed by atoms with Gasteiger partial charge in [0.05, 0.1) is 5.58 Å². The van der Waals surface area contributed by atoms with Gasteiger partial charge in [-0.3, -0.25) is 0 Å². The summed E-state index contributed by atoms with van der Waals surface area (Å²) in [7, 11) is 0. The normalized spacial score (nSPS) is 14.1. The monoisotopic (exact) mass is 852 g/mol. The molecular weight excluding hydrogens is 808 g/mol. The van der Waals surface area contributed by atoms with Gasteiger partial charge in [-0.05, 0) is 30.2 Å². The van der Waals surface area contributed by atoms with Gasteiger partial charge >= 0.3 is 120 Å². The number of pyridine rings is 2. The van der Waals surface area contributed by atoms with Crippen molar-refractivity contribution in [3.05, 3.63) is 114 Å². The van der Waals surface area contributed by atoms with Crippen LogP contribution in [0.3, 0.4) is 0 Å². The molecule has 0 atom stereocenters. The molecular formula is C40H41FGeIrN2O-2. The maximum Gasteiger partial charge on any atom is 0 e. The van der Waals surface area contributed by atoms with Crippen LogP contribution in [0.1, 0.15) is 57.9 Å². The molecule has 0 N–H and O–H groups in total. The van der Waals surface area contributed by atoms with Gasteiger partial charge < -0.3 is 9.40 Å². The molecule has 1 aliphatic rings. The zero-order chi connectivity index (χ0) is 32.5. The molecule has 7 rings (SSSR count). The Labute approximate surface area is 290 Å². The number of rotatable bonds is 6. The van der Waals surface area contributed by atoms with Crippen molar-refractivity contribution in [3.63, 3.8) is 0 Å². The van der Waals surface area contributed by atoms with E-state index in [-0.39, 0.29) is 25.9 Å². The van der Waals surface area contributed by atoms with Crippen LogP contribution in [0, 0.1) is 23.9 Å². The largest absolute Gasteiger partial charge is 0 e. The third-order valence-electron chi connectivity index (χ3n) is 8.72. The number of furan rings is 1. The molecule has 6 aromatic rings. The summed E-state index contributed by atoms with van der Waals surface area (Å²) in [6, 6.07) is 29.5. The summed E-state index contributed by atoms with van der Waals surface area (Å²) in [5.41, 5.74) is 7.13. The Balaban J connectivity index is 0.000000188. The van der Waals surface area contributed by atoms with Gasteiger partial charge in [-0.15, -0.1) is 23.8 Å². The Morgan fingerprint density at radius 2 is 1.72 bits per heavy atom. The molecule has 3 nitrogen and oxygen atoms in total. The molecule has 3 aromatic heterocycles. The standard InChI is InChI=1S/C23H19FNO.C17H22GeN.Ir/c24-20-7-3-6-18-19-14-17(8-9-22(19)26-23(18)20)21-13-16(10-11-25-21)12-15-4-1-2-5-15;1-13(2)15-11-17(14-9-7-6-8-10-14)19-12-16(15)18(3,4)5;/h3,6-7,9-11,13-15H,1-2,4-5,12H2;6-9,11-13H,1-5H3;/q2*-1;/i;13D;. The van der Waals surface area contributed by atoms with Crippen LogP contribution < -0.4 is 4.40 Å². The first-order chi connectivity index (χ1) is 22.0. The van der Waals surface area contributed by atoms with Crippen molar-refractivity contribution in [1.82, 2.24) is 9.97 Å². The second kappa shape index (κ2) is 14.8. The predicted molar refractivity (Wildman–Crippen MR) is 187 cm³/mol. The van der Waals surface area contributed by atoms with Crippen LogP contribution >= 0.6 is 0 Å². The summed E-state index contributed by atoms with van der Waals surface area (Å²) in [5, 5.41) is 1.69. The number of hydrogen-bond donors (Lipinski definition) is 0. The quantitative estimate of drug-likeness (QED) is 0.124. The number of halogens is 1. The SMILES string of the molecule is Fc1cccc2c1oc1c[c-]c(-c3cc(CC4CCCC4)ccn3)cc12.[2H]C(C)(C)c1cc(-c2[c-]cccc2)nc[c]1[Ge]([CH3])([CH3])[CH3].[Ir]. The van der Waals surface area contributed by atoms with Crippen LogP contribution in [0.2, 0.25) is 17.3 Å². The van der Waals surface area contributed by atoms with Gasteiger partial charge in [0.2, 0.25) is 0 Å². The van der Waals surface area contributed by atoms with E-state index in [1.807, 2.05) is 62.6 Å². The van der Waals surface area contributed by atoms with Gasteiger partial charge in [0, 0.05) is 31.7 Å². The maximum absolute atomic E-state index is 14.0. The first-order valence-electron chi connectivity index (χ1n) is 16.4. The van der Waals surface area contributed by atoms with Crippen molar-refractivity contribution >= 4 is 39.6 Å². The average Bonchev–Trinajstić information content (AvgIpc) is 3.69. The van der Waals surface area contributed by atoms with Crippen LogP contribution in [-0.2, 0) is 26.5 Å². The maximum atomic E-state index is 14.0. The Morgan fingerprint density at radius 3 is 2.43 bits per heavy atom. The molecule has 0 aliphatic heterocycles. The Morgan fingerprint density at radius 1 is 0.935 bits per heavy atom. The minimum absolute atomic E-state index is 0. The number of fused-ring (bicyclic) bond motifs is 3. The van der Waals surface area contributed by atoms with Crippen LogP contribution in [0.5, 0.6) is 0 Å². The second-order valence-corrected chi connectivity index (χ2v) is 24.0. The fourth-order valence-corrected chi connectivity index (χ4v) is 9.64. The molecule has 239 valence electrons. The van der Waals surface area contributed by atoms with E-state index in [1.54, 1.807) is 12.1 Å². The Kier molecular flexibility index (Phi) is 10.5. The number of para-hydroxylation sites is 1. The molecule has 1 radical (unpaired) electrons. The van der Waals surface area contributed by atoms with Crippen LogP contribution in [0.4, 0.5) is 4.39 Å². The molecule has 0 spiro atoms. The minimum atomic E-state index is -2.03. The van der Waals surface area contributed by atoms with Crippen molar-refractivity contribution < 1.29 is 30.3 Å². The molecule has 0 saturated heterocycles. The average molecular weight is 851 g/mol. The molecule has 0 amide bonds. The molecule has 1 fully saturated rings. The van der Waals surface area contributed by atoms with Gasteiger partial charge in [0.1, 0.15) is 0 Å². The first kappa shape index (κ1) is 32.8. The molecule has 1 aliphatic carbocycles. The van der Waals surface area contributed by atoms with E-state index in [2.05, 4.69) is 57.6 Å². The zero-order valence-corrected chi connectivity index (χ0v) is 31.7. The van der Waals surface area contributed by atoms with E-state index in [1.165, 1.54) is 41.7 Å². The second-order valence-electron chi connectivity index (χ2n) is 13.4. The molecule has 1 saturated carbocycles. The molecule has 0 bridgehead atoms. The smallest absolute Gasteiger partial charge is 0 e. The zero-order valence-electron chi connectivity index (χ0n) is 28.2. The molecule has 3 aromatic carbocycles. The van der Waals surface area contributed by atoms with Crippen LogP contribution in [-0.4, -0.2) is 23.2 Å². The van der Waals surface area contributed by atoms with E-state index in [9.17, 15) is 4.39 Å². The minimum Gasteiger partial charge on any atom is 0 e. The Hall–Kier alpha value is -3.12. The van der Waals surface area contributed by atoms with Gasteiger partial charge in [0.25, 0.3) is 0 Å². The molecule has 3 heterocycles. The first-order valence-corrected chi connectivity index (χ1v) is 23.3. The summed E-state index contributed by atoms with van der Waals surface area (Å²) >= 11 is -2.03. The molecule has 0 unspecified atom stereocenters. The van der Waals surface area contributed by atoms with Gasteiger partial charge in [-0.25, -0.2) is 4.39 Å². The summed E-state index contributed by atoms with van der Waals surface area (Å²) < 4.78 is 29.4. The van der Waals surface area contributed by atoms with Crippen molar-refractivity contribution in [3.8, 4) is 22.5 Å². The van der Waals surface area contributed by atoms with E-state index >= 15 is 0 Å². The predicted octanol–water partition coefficient (Wildman–Crippen LogP) is 10.5. The molecule has 46 heavy (non-hydrogen) atoms. The number of aromatic nitrogens is 2. The van der Waals surface area contributed by atoms with Crippen molar-refractivity contribution in [1.29, 1.82) is 0 Å². The van der Waals surface area contributed by atoms with E-state index in [0.717, 1.165) is 51.2 Å². The van der Waals surface area contributed by atoms with Gasteiger partial charge in [-0.1, -0.05) is 54.8 Å². The molecule has 6 heteroatoms. The van der Waals surface area contributed by atoms with Crippen LogP contribution in [0.25, 0.3) is 44.5 Å². The van der Waals surface area contributed by atoms with Crippen molar-refractivity contribution in [2.24, 2.45) is 5.92 Å². The van der Waals surface area contributed by atoms with E-state index in [4.69, 9.17) is 5.79 Å². The number of nitrogens with zero attached hydrogens (tertiary/aromatic N) is 2. The van der Waals surface area contributed by atoms with Gasteiger partial charge in [-0.2, -0.15) is 0 Å². The summed E-state index contributed by atoms with van der Waals surface area (Å²) in [5.74, 6) is 6.91. The van der Waals surface area contributed by atoms with Crippen molar-refractivity contribution in [2.75, 3.05) is 0 Å². The Bertz CT molecular complexity index is 1970. The van der Waals surface area contributed by atoms with E-state index < -0.39 is 19.2 Å². The number of hydrogen-bond acceptors (Lipinski definition) is 3. The number of benzene rings is 3. The topological polar surface area (TPSA) is 38.9 Å². The summed E-state index contributed by atoms with van der Waals surface area (Å²) in [6.07, 6.45) is 10.4. The third-order valence-corrected chi connectivity index (χ3v) is 12.9. The van der Waals surface area contributed by atoms with Gasteiger partial charge in [0.15, 0.2) is 11.4 Å². The summed E-state index contributed by atoms with van der Waals surface area (Å²) in [6.45, 7) is 3.91. The fourth-order valence-electron chi connectivity index (χ4n) is 6.32. The van der Waals surface area contributed by atoms with E-state index in [0.29, 0.717) is 11.2 Å². The fraction of sp³-hybridized carbons (Fsp3) is 0.300. The van der Waals surface area contributed by atoms with Crippen molar-refractivity contribution in [2.45, 2.75) is 69.1 Å².